The number of hydrogen-bond acceptors (Lipinski definition) is 5. The smallest absolute Gasteiger partial charge is 0.257 e. The fourth-order valence-corrected chi connectivity index (χ4v) is 2.44. The molecule has 0 atom stereocenters. The standard InChI is InChI=1S/C12H9ClN2O2S/c1-7-4-9(17-15-7)6-18-12-14-10-5-8(13)2-3-11(10)16-12/h2-5H,6H2,1H3. The number of rotatable bonds is 3. The van der Waals surface area contributed by atoms with Crippen LogP contribution in [0.4, 0.5) is 0 Å². The molecule has 0 saturated heterocycles. The Morgan fingerprint density at radius 3 is 3.00 bits per heavy atom. The molecule has 3 aromatic rings. The predicted octanol–water partition coefficient (Wildman–Crippen LogP) is 4.07. The van der Waals surface area contributed by atoms with E-state index in [0.29, 0.717) is 16.0 Å². The fourth-order valence-electron chi connectivity index (χ4n) is 1.56. The predicted molar refractivity (Wildman–Crippen MR) is 69.8 cm³/mol. The molecule has 0 unspecified atom stereocenters. The van der Waals surface area contributed by atoms with E-state index >= 15 is 0 Å². The number of fused-ring (bicyclic) bond motifs is 1. The largest absolute Gasteiger partial charge is 0.431 e. The van der Waals surface area contributed by atoms with Crippen LogP contribution in [0.25, 0.3) is 11.1 Å². The van der Waals surface area contributed by atoms with Crippen molar-refractivity contribution in [1.29, 1.82) is 0 Å². The van der Waals surface area contributed by atoms with Gasteiger partial charge in [0.2, 0.25) is 0 Å². The number of aromatic nitrogens is 2. The summed E-state index contributed by atoms with van der Waals surface area (Å²) in [5.41, 5.74) is 2.37. The van der Waals surface area contributed by atoms with Crippen LogP contribution in [-0.2, 0) is 5.75 Å². The Balaban J connectivity index is 1.78. The second-order valence-corrected chi connectivity index (χ2v) is 5.18. The Morgan fingerprint density at radius 2 is 2.22 bits per heavy atom. The monoisotopic (exact) mass is 280 g/mol. The zero-order valence-corrected chi connectivity index (χ0v) is 11.1. The van der Waals surface area contributed by atoms with Crippen molar-refractivity contribution >= 4 is 34.5 Å². The molecule has 0 aliphatic carbocycles. The number of nitrogens with zero attached hydrogens (tertiary/aromatic N) is 2. The van der Waals surface area contributed by atoms with Crippen molar-refractivity contribution in [3.05, 3.63) is 40.7 Å². The highest BCUT2D eigenvalue weighted by molar-refractivity contribution is 7.98. The summed E-state index contributed by atoms with van der Waals surface area (Å²) >= 11 is 7.36. The molecule has 0 radical (unpaired) electrons. The van der Waals surface area contributed by atoms with Crippen molar-refractivity contribution in [3.63, 3.8) is 0 Å². The molecule has 0 amide bonds. The highest BCUT2D eigenvalue weighted by atomic mass is 35.5. The van der Waals surface area contributed by atoms with Crippen LogP contribution in [0.15, 0.2) is 38.4 Å². The number of benzene rings is 1. The second-order valence-electron chi connectivity index (χ2n) is 3.82. The Kier molecular flexibility index (Phi) is 3.01. The normalized spacial score (nSPS) is 11.2. The summed E-state index contributed by atoms with van der Waals surface area (Å²) in [5.74, 6) is 1.44. The van der Waals surface area contributed by atoms with Crippen LogP contribution in [0.2, 0.25) is 5.02 Å². The number of halogens is 1. The molecular weight excluding hydrogens is 272 g/mol. The maximum atomic E-state index is 5.89. The molecule has 92 valence electrons. The third kappa shape index (κ3) is 2.37. The molecule has 1 aromatic carbocycles. The summed E-state index contributed by atoms with van der Waals surface area (Å²) in [7, 11) is 0. The molecule has 0 N–H and O–H groups in total. The van der Waals surface area contributed by atoms with Crippen molar-refractivity contribution in [2.75, 3.05) is 0 Å². The molecule has 0 aliphatic rings. The molecule has 2 aromatic heterocycles. The molecule has 6 heteroatoms. The lowest BCUT2D eigenvalue weighted by molar-refractivity contribution is 0.390. The lowest BCUT2D eigenvalue weighted by Crippen LogP contribution is -1.75. The molecule has 0 aliphatic heterocycles. The van der Waals surface area contributed by atoms with E-state index in [1.165, 1.54) is 11.8 Å². The maximum Gasteiger partial charge on any atom is 0.257 e. The van der Waals surface area contributed by atoms with E-state index in [0.717, 1.165) is 22.6 Å². The van der Waals surface area contributed by atoms with Gasteiger partial charge in [-0.15, -0.1) is 0 Å². The number of oxazole rings is 1. The summed E-state index contributed by atoms with van der Waals surface area (Å²) in [6, 6.07) is 7.27. The van der Waals surface area contributed by atoms with Gasteiger partial charge in [-0.25, -0.2) is 4.98 Å². The minimum Gasteiger partial charge on any atom is -0.431 e. The SMILES string of the molecule is Cc1cc(CSc2nc3cc(Cl)ccc3o2)on1. The Labute approximate surface area is 112 Å². The molecule has 0 spiro atoms. The number of thioether (sulfide) groups is 1. The first-order valence-corrected chi connectivity index (χ1v) is 6.68. The second kappa shape index (κ2) is 4.66. The van der Waals surface area contributed by atoms with Crippen molar-refractivity contribution in [2.24, 2.45) is 0 Å². The third-order valence-electron chi connectivity index (χ3n) is 2.34. The van der Waals surface area contributed by atoms with E-state index < -0.39 is 0 Å². The average molecular weight is 281 g/mol. The van der Waals surface area contributed by atoms with E-state index in [9.17, 15) is 0 Å². The fraction of sp³-hybridized carbons (Fsp3) is 0.167. The molecule has 4 nitrogen and oxygen atoms in total. The average Bonchev–Trinajstić information content (AvgIpc) is 2.92. The highest BCUT2D eigenvalue weighted by Crippen LogP contribution is 2.27. The highest BCUT2D eigenvalue weighted by Gasteiger charge is 2.09. The summed E-state index contributed by atoms with van der Waals surface area (Å²) in [6.45, 7) is 1.89. The summed E-state index contributed by atoms with van der Waals surface area (Å²) in [4.78, 5) is 4.35. The molecule has 18 heavy (non-hydrogen) atoms. The Morgan fingerprint density at radius 1 is 1.33 bits per heavy atom. The van der Waals surface area contributed by atoms with Crippen molar-refractivity contribution in [3.8, 4) is 0 Å². The summed E-state index contributed by atoms with van der Waals surface area (Å²) in [5, 5.41) is 5.08. The minimum atomic E-state index is 0.598. The van der Waals surface area contributed by atoms with Gasteiger partial charge in [0.05, 0.1) is 11.4 Å². The molecule has 2 heterocycles. The zero-order chi connectivity index (χ0) is 12.5. The Bertz CT molecular complexity index is 692. The van der Waals surface area contributed by atoms with Gasteiger partial charge in [-0.2, -0.15) is 0 Å². The van der Waals surface area contributed by atoms with Gasteiger partial charge in [0.1, 0.15) is 11.3 Å². The molecule has 0 saturated carbocycles. The van der Waals surface area contributed by atoms with E-state index in [-0.39, 0.29) is 0 Å². The van der Waals surface area contributed by atoms with E-state index in [1.54, 1.807) is 12.1 Å². The van der Waals surface area contributed by atoms with Crippen molar-refractivity contribution in [2.45, 2.75) is 17.9 Å². The van der Waals surface area contributed by atoms with Crippen molar-refractivity contribution < 1.29 is 8.94 Å². The van der Waals surface area contributed by atoms with Gasteiger partial charge in [0, 0.05) is 11.1 Å². The quantitative estimate of drug-likeness (QED) is 0.677. The van der Waals surface area contributed by atoms with Crippen LogP contribution in [-0.4, -0.2) is 10.1 Å². The zero-order valence-electron chi connectivity index (χ0n) is 9.51. The lowest BCUT2D eigenvalue weighted by atomic mass is 10.3. The van der Waals surface area contributed by atoms with Crippen LogP contribution in [0, 0.1) is 6.92 Å². The van der Waals surface area contributed by atoms with Gasteiger partial charge >= 0.3 is 0 Å². The van der Waals surface area contributed by atoms with Crippen LogP contribution >= 0.6 is 23.4 Å². The van der Waals surface area contributed by atoms with Crippen LogP contribution in [0.5, 0.6) is 0 Å². The summed E-state index contributed by atoms with van der Waals surface area (Å²) < 4.78 is 10.7. The third-order valence-corrected chi connectivity index (χ3v) is 3.43. The molecular formula is C12H9ClN2O2S. The van der Waals surface area contributed by atoms with Crippen LogP contribution in [0.3, 0.4) is 0 Å². The topological polar surface area (TPSA) is 52.1 Å². The maximum absolute atomic E-state index is 5.89. The van der Waals surface area contributed by atoms with E-state index in [1.807, 2.05) is 19.1 Å². The summed E-state index contributed by atoms with van der Waals surface area (Å²) in [6.07, 6.45) is 0. The number of hydrogen-bond donors (Lipinski definition) is 0. The number of aryl methyl sites for hydroxylation is 1. The van der Waals surface area contributed by atoms with Crippen molar-refractivity contribution in [1.82, 2.24) is 10.1 Å². The molecule has 0 bridgehead atoms. The lowest BCUT2D eigenvalue weighted by Gasteiger charge is -1.90. The van der Waals surface area contributed by atoms with E-state index in [2.05, 4.69) is 10.1 Å². The van der Waals surface area contributed by atoms with E-state index in [4.69, 9.17) is 20.5 Å². The van der Waals surface area contributed by atoms with Gasteiger partial charge < -0.3 is 8.94 Å². The first-order chi connectivity index (χ1) is 8.70. The first kappa shape index (κ1) is 11.6. The molecule has 3 rings (SSSR count). The van der Waals surface area contributed by atoms with Crippen LogP contribution in [0.1, 0.15) is 11.5 Å². The minimum absolute atomic E-state index is 0.598. The van der Waals surface area contributed by atoms with Gasteiger partial charge in [0.25, 0.3) is 5.22 Å². The van der Waals surface area contributed by atoms with Gasteiger partial charge in [-0.3, -0.25) is 0 Å². The van der Waals surface area contributed by atoms with Gasteiger partial charge in [-0.1, -0.05) is 28.5 Å². The molecule has 0 fully saturated rings. The van der Waals surface area contributed by atoms with Gasteiger partial charge in [-0.05, 0) is 25.1 Å². The van der Waals surface area contributed by atoms with Crippen LogP contribution < -0.4 is 0 Å². The van der Waals surface area contributed by atoms with Gasteiger partial charge in [0.15, 0.2) is 5.58 Å². The Hall–Kier alpha value is -1.46. The first-order valence-electron chi connectivity index (χ1n) is 5.32.